The number of carbonyl (C=O) groups is 1. The molecule has 5 nitrogen and oxygen atoms in total. The minimum absolute atomic E-state index is 0.248. The molecule has 1 aromatic carbocycles. The van der Waals surface area contributed by atoms with Crippen LogP contribution in [0.1, 0.15) is 18.9 Å². The molecule has 0 spiro atoms. The van der Waals surface area contributed by atoms with Crippen molar-refractivity contribution in [2.45, 2.75) is 20.3 Å². The van der Waals surface area contributed by atoms with Gasteiger partial charge in [0.1, 0.15) is 6.54 Å². The zero-order valence-electron chi connectivity index (χ0n) is 12.8. The lowest BCUT2D eigenvalue weighted by Crippen LogP contribution is -2.37. The van der Waals surface area contributed by atoms with Crippen LogP contribution in [0.3, 0.4) is 0 Å². The molecule has 1 N–H and O–H groups in total. The molecule has 0 bridgehead atoms. The molecule has 0 aliphatic carbocycles. The van der Waals surface area contributed by atoms with Crippen molar-refractivity contribution in [3.63, 3.8) is 0 Å². The number of hydrogen-bond acceptors (Lipinski definition) is 3. The van der Waals surface area contributed by atoms with Crippen LogP contribution in [-0.2, 0) is 14.8 Å². The van der Waals surface area contributed by atoms with Gasteiger partial charge in [-0.1, -0.05) is 48.9 Å². The Balaban J connectivity index is 2.99. The largest absolute Gasteiger partial charge is 0.480 e. The molecule has 0 heterocycles. The first kappa shape index (κ1) is 18.0. The highest BCUT2D eigenvalue weighted by atomic mass is 32.2. The van der Waals surface area contributed by atoms with E-state index >= 15 is 0 Å². The first-order valence-electron chi connectivity index (χ1n) is 6.97. The van der Waals surface area contributed by atoms with Crippen molar-refractivity contribution < 1.29 is 18.3 Å². The van der Waals surface area contributed by atoms with Crippen LogP contribution < -0.4 is 4.31 Å². The summed E-state index contributed by atoms with van der Waals surface area (Å²) in [6, 6.07) is 6.71. The second-order valence-electron chi connectivity index (χ2n) is 4.78. The lowest BCUT2D eigenvalue weighted by molar-refractivity contribution is -0.135. The molecule has 120 valence electrons. The molecule has 0 radical (unpaired) electrons. The van der Waals surface area contributed by atoms with Crippen molar-refractivity contribution in [2.75, 3.05) is 16.6 Å². The Morgan fingerprint density at radius 1 is 1.18 bits per heavy atom. The zero-order valence-corrected chi connectivity index (χ0v) is 13.6. The highest BCUT2D eigenvalue weighted by Crippen LogP contribution is 2.19. The van der Waals surface area contributed by atoms with E-state index in [0.717, 1.165) is 16.3 Å². The molecule has 1 aromatic rings. The number of aliphatic carboxylic acids is 1. The van der Waals surface area contributed by atoms with Gasteiger partial charge in [0.15, 0.2) is 0 Å². The molecule has 0 saturated carbocycles. The van der Waals surface area contributed by atoms with Gasteiger partial charge in [0, 0.05) is 0 Å². The van der Waals surface area contributed by atoms with E-state index in [1.54, 1.807) is 36.4 Å². The molecule has 0 atom stereocenters. The van der Waals surface area contributed by atoms with Crippen molar-refractivity contribution in [3.05, 3.63) is 54.1 Å². The number of benzene rings is 1. The van der Waals surface area contributed by atoms with Gasteiger partial charge in [-0.05, 0) is 25.5 Å². The van der Waals surface area contributed by atoms with E-state index in [1.165, 1.54) is 6.08 Å². The Morgan fingerprint density at radius 2 is 1.77 bits per heavy atom. The molecule has 0 unspecified atom stereocenters. The maximum Gasteiger partial charge on any atom is 0.324 e. The minimum atomic E-state index is -3.74. The predicted octanol–water partition coefficient (Wildman–Crippen LogP) is 2.74. The number of aryl methyl sites for hydroxylation is 1. The van der Waals surface area contributed by atoms with Crippen LogP contribution in [0.4, 0.5) is 5.69 Å². The van der Waals surface area contributed by atoms with Crippen molar-refractivity contribution >= 4 is 21.7 Å². The number of nitrogens with zero attached hydrogens (tertiary/aromatic N) is 1. The minimum Gasteiger partial charge on any atom is -0.480 e. The summed E-state index contributed by atoms with van der Waals surface area (Å²) in [5.41, 5.74) is 1.33. The van der Waals surface area contributed by atoms with Crippen molar-refractivity contribution in [1.82, 2.24) is 0 Å². The molecule has 0 saturated heterocycles. The third kappa shape index (κ3) is 5.73. The third-order valence-corrected chi connectivity index (χ3v) is 4.49. The molecule has 22 heavy (non-hydrogen) atoms. The Kier molecular flexibility index (Phi) is 6.85. The quantitative estimate of drug-likeness (QED) is 0.746. The maximum atomic E-state index is 12.4. The van der Waals surface area contributed by atoms with Crippen molar-refractivity contribution in [1.29, 1.82) is 0 Å². The van der Waals surface area contributed by atoms with Crippen LogP contribution in [0.5, 0.6) is 0 Å². The van der Waals surface area contributed by atoms with E-state index < -0.39 is 22.5 Å². The highest BCUT2D eigenvalue weighted by Gasteiger charge is 2.23. The van der Waals surface area contributed by atoms with Gasteiger partial charge >= 0.3 is 5.97 Å². The lowest BCUT2D eigenvalue weighted by Gasteiger charge is -2.22. The normalized spacial score (nSPS) is 12.1. The number of carboxylic acid groups (broad SMARTS) is 1. The third-order valence-electron chi connectivity index (χ3n) is 2.86. The molecule has 1 rings (SSSR count). The Hall–Kier alpha value is -2.08. The predicted molar refractivity (Wildman–Crippen MR) is 88.5 cm³/mol. The monoisotopic (exact) mass is 323 g/mol. The van der Waals surface area contributed by atoms with E-state index in [2.05, 4.69) is 0 Å². The fourth-order valence-electron chi connectivity index (χ4n) is 1.74. The summed E-state index contributed by atoms with van der Waals surface area (Å²) in [5.74, 6) is -1.44. The summed E-state index contributed by atoms with van der Waals surface area (Å²) in [7, 11) is -3.74. The lowest BCUT2D eigenvalue weighted by atomic mass is 10.2. The summed E-state index contributed by atoms with van der Waals surface area (Å²) in [6.07, 6.45) is 7.69. The maximum absolute atomic E-state index is 12.4. The smallest absolute Gasteiger partial charge is 0.324 e. The topological polar surface area (TPSA) is 74.7 Å². The molecule has 6 heteroatoms. The van der Waals surface area contributed by atoms with Gasteiger partial charge in [-0.2, -0.15) is 0 Å². The molecular weight excluding hydrogens is 302 g/mol. The number of carboxylic acids is 1. The van der Waals surface area contributed by atoms with Crippen LogP contribution in [0.15, 0.2) is 48.6 Å². The average molecular weight is 323 g/mol. The second kappa shape index (κ2) is 8.38. The molecule has 0 amide bonds. The van der Waals surface area contributed by atoms with E-state index in [1.807, 2.05) is 19.9 Å². The van der Waals surface area contributed by atoms with Gasteiger partial charge in [0.25, 0.3) is 0 Å². The summed E-state index contributed by atoms with van der Waals surface area (Å²) in [6.45, 7) is 3.26. The Labute approximate surface area is 131 Å². The highest BCUT2D eigenvalue weighted by molar-refractivity contribution is 7.92. The Morgan fingerprint density at radius 3 is 2.32 bits per heavy atom. The summed E-state index contributed by atoms with van der Waals surface area (Å²) < 4.78 is 25.7. The first-order chi connectivity index (χ1) is 10.4. The number of hydrogen-bond donors (Lipinski definition) is 1. The summed E-state index contributed by atoms with van der Waals surface area (Å²) >= 11 is 0. The molecule has 0 aliphatic heterocycles. The standard InChI is InChI=1S/C16H21NO4S/c1-3-4-5-6-7-12-22(20,21)17(13-16(18)19)15-10-8-14(2)9-11-15/h4-11H,3,12-13H2,1-2H3,(H,18,19)/b5-4-,7-6-. The van der Waals surface area contributed by atoms with E-state index in [-0.39, 0.29) is 5.75 Å². The van der Waals surface area contributed by atoms with Gasteiger partial charge in [-0.25, -0.2) is 8.42 Å². The van der Waals surface area contributed by atoms with Gasteiger partial charge in [-0.3, -0.25) is 9.10 Å². The van der Waals surface area contributed by atoms with Crippen LogP contribution in [-0.4, -0.2) is 31.8 Å². The van der Waals surface area contributed by atoms with Crippen molar-refractivity contribution in [2.24, 2.45) is 0 Å². The SMILES string of the molecule is CC/C=C\C=C/CS(=O)(=O)N(CC(=O)O)c1ccc(C)cc1. The number of rotatable bonds is 8. The van der Waals surface area contributed by atoms with Crippen LogP contribution >= 0.6 is 0 Å². The van der Waals surface area contributed by atoms with Gasteiger partial charge in [0.05, 0.1) is 11.4 Å². The Bertz CT molecular complexity index is 645. The summed E-state index contributed by atoms with van der Waals surface area (Å²) in [4.78, 5) is 11.0. The molecule has 0 aromatic heterocycles. The zero-order chi connectivity index (χ0) is 16.6. The van der Waals surface area contributed by atoms with Gasteiger partial charge in [-0.15, -0.1) is 0 Å². The second-order valence-corrected chi connectivity index (χ2v) is 6.72. The number of anilines is 1. The van der Waals surface area contributed by atoms with Crippen LogP contribution in [0.25, 0.3) is 0 Å². The fourth-order valence-corrected chi connectivity index (χ4v) is 3.03. The molecule has 0 aliphatic rings. The van der Waals surface area contributed by atoms with E-state index in [4.69, 9.17) is 5.11 Å². The fraction of sp³-hybridized carbons (Fsp3) is 0.312. The molecular formula is C16H21NO4S. The average Bonchev–Trinajstić information content (AvgIpc) is 2.45. The molecule has 0 fully saturated rings. The number of sulfonamides is 1. The van der Waals surface area contributed by atoms with Crippen LogP contribution in [0, 0.1) is 6.92 Å². The summed E-state index contributed by atoms with van der Waals surface area (Å²) in [5, 5.41) is 8.97. The van der Waals surface area contributed by atoms with Gasteiger partial charge in [0.2, 0.25) is 10.0 Å². The first-order valence-corrected chi connectivity index (χ1v) is 8.58. The van der Waals surface area contributed by atoms with Gasteiger partial charge < -0.3 is 5.11 Å². The van der Waals surface area contributed by atoms with Crippen LogP contribution in [0.2, 0.25) is 0 Å². The number of allylic oxidation sites excluding steroid dienone is 3. The van der Waals surface area contributed by atoms with E-state index in [0.29, 0.717) is 5.69 Å². The van der Waals surface area contributed by atoms with Crippen molar-refractivity contribution in [3.8, 4) is 0 Å². The van der Waals surface area contributed by atoms with E-state index in [9.17, 15) is 13.2 Å².